The van der Waals surface area contributed by atoms with Crippen LogP contribution < -0.4 is 0 Å². The predicted octanol–water partition coefficient (Wildman–Crippen LogP) is 3.43. The molecular formula is C13H13BrN2O2S. The monoisotopic (exact) mass is 340 g/mol. The lowest BCUT2D eigenvalue weighted by Crippen LogP contribution is -2.04. The normalized spacial score (nSPS) is 10.7. The molecule has 0 bridgehead atoms. The molecule has 1 aromatic heterocycles. The van der Waals surface area contributed by atoms with Crippen molar-refractivity contribution in [1.82, 2.24) is 9.55 Å². The largest absolute Gasteiger partial charge is 0.481 e. The van der Waals surface area contributed by atoms with E-state index in [1.165, 1.54) is 11.8 Å². The first-order chi connectivity index (χ1) is 9.00. The molecule has 6 heteroatoms. The first-order valence-corrected chi connectivity index (χ1v) is 7.43. The standard InChI is InChI=1S/C13H13BrN2O2S/c1-8-4-3-5-10(12(8)14)16-9(2)6-15-13(16)19-7-11(17)18/h3-6H,7H2,1-2H3,(H,17,18). The van der Waals surface area contributed by atoms with Crippen molar-refractivity contribution in [3.8, 4) is 5.69 Å². The third-order valence-corrected chi connectivity index (χ3v) is 4.61. The molecule has 0 aliphatic rings. The van der Waals surface area contributed by atoms with Crippen LogP contribution in [0.3, 0.4) is 0 Å². The predicted molar refractivity (Wildman–Crippen MR) is 79.1 cm³/mol. The Balaban J connectivity index is 2.46. The summed E-state index contributed by atoms with van der Waals surface area (Å²) < 4.78 is 2.96. The number of nitrogens with zero attached hydrogens (tertiary/aromatic N) is 2. The van der Waals surface area contributed by atoms with Crippen molar-refractivity contribution in [2.24, 2.45) is 0 Å². The molecule has 0 spiro atoms. The second-order valence-corrected chi connectivity index (χ2v) is 5.84. The van der Waals surface area contributed by atoms with Crippen molar-refractivity contribution < 1.29 is 9.90 Å². The fourth-order valence-electron chi connectivity index (χ4n) is 1.74. The number of carboxylic acid groups (broad SMARTS) is 1. The highest BCUT2D eigenvalue weighted by molar-refractivity contribution is 9.10. The number of halogens is 1. The maximum Gasteiger partial charge on any atom is 0.313 e. The van der Waals surface area contributed by atoms with Gasteiger partial charge in [0.1, 0.15) is 0 Å². The van der Waals surface area contributed by atoms with Crippen molar-refractivity contribution in [3.63, 3.8) is 0 Å². The smallest absolute Gasteiger partial charge is 0.313 e. The van der Waals surface area contributed by atoms with E-state index < -0.39 is 5.97 Å². The van der Waals surface area contributed by atoms with Gasteiger partial charge in [-0.15, -0.1) is 0 Å². The van der Waals surface area contributed by atoms with Gasteiger partial charge in [-0.1, -0.05) is 23.9 Å². The van der Waals surface area contributed by atoms with E-state index in [1.807, 2.05) is 36.6 Å². The second-order valence-electron chi connectivity index (χ2n) is 4.11. The Morgan fingerprint density at radius 2 is 2.21 bits per heavy atom. The van der Waals surface area contributed by atoms with Gasteiger partial charge in [0.2, 0.25) is 0 Å². The van der Waals surface area contributed by atoms with Crippen LogP contribution in [0.1, 0.15) is 11.3 Å². The highest BCUT2D eigenvalue weighted by Gasteiger charge is 2.14. The molecule has 0 aliphatic heterocycles. The molecule has 0 atom stereocenters. The van der Waals surface area contributed by atoms with Gasteiger partial charge in [0.05, 0.1) is 11.4 Å². The van der Waals surface area contributed by atoms with E-state index in [0.717, 1.165) is 21.4 Å². The average molecular weight is 341 g/mol. The van der Waals surface area contributed by atoms with Gasteiger partial charge < -0.3 is 5.11 Å². The van der Waals surface area contributed by atoms with Crippen LogP contribution in [-0.4, -0.2) is 26.4 Å². The van der Waals surface area contributed by atoms with Crippen molar-refractivity contribution in [1.29, 1.82) is 0 Å². The van der Waals surface area contributed by atoms with Crippen molar-refractivity contribution >= 4 is 33.7 Å². The highest BCUT2D eigenvalue weighted by atomic mass is 79.9. The molecule has 0 aliphatic carbocycles. The van der Waals surface area contributed by atoms with E-state index in [2.05, 4.69) is 20.9 Å². The van der Waals surface area contributed by atoms with E-state index in [1.54, 1.807) is 6.20 Å². The number of rotatable bonds is 4. The first-order valence-electron chi connectivity index (χ1n) is 5.65. The number of aryl methyl sites for hydroxylation is 2. The Morgan fingerprint density at radius 3 is 2.89 bits per heavy atom. The van der Waals surface area contributed by atoms with E-state index in [4.69, 9.17) is 5.11 Å². The van der Waals surface area contributed by atoms with Crippen LogP contribution in [0.15, 0.2) is 34.0 Å². The number of benzene rings is 1. The zero-order valence-electron chi connectivity index (χ0n) is 10.6. The third kappa shape index (κ3) is 3.01. The Kier molecular flexibility index (Phi) is 4.31. The molecule has 2 aromatic rings. The van der Waals surface area contributed by atoms with Crippen molar-refractivity contribution in [3.05, 3.63) is 40.1 Å². The molecule has 0 fully saturated rings. The lowest BCUT2D eigenvalue weighted by molar-refractivity contribution is -0.133. The SMILES string of the molecule is Cc1cccc(-n2c(C)cnc2SCC(=O)O)c1Br. The summed E-state index contributed by atoms with van der Waals surface area (Å²) in [6.45, 7) is 3.97. The Labute approximate surface area is 124 Å². The fourth-order valence-corrected chi connectivity index (χ4v) is 2.93. The molecule has 4 nitrogen and oxygen atoms in total. The molecular weight excluding hydrogens is 328 g/mol. The number of imidazole rings is 1. The van der Waals surface area contributed by atoms with Crippen molar-refractivity contribution in [2.45, 2.75) is 19.0 Å². The zero-order valence-corrected chi connectivity index (χ0v) is 13.0. The summed E-state index contributed by atoms with van der Waals surface area (Å²) in [4.78, 5) is 15.0. The topological polar surface area (TPSA) is 55.1 Å². The number of carbonyl (C=O) groups is 1. The minimum atomic E-state index is -0.847. The second kappa shape index (κ2) is 5.79. The van der Waals surface area contributed by atoms with Crippen LogP contribution in [0.2, 0.25) is 0 Å². The third-order valence-electron chi connectivity index (χ3n) is 2.64. The van der Waals surface area contributed by atoms with Gasteiger partial charge in [-0.25, -0.2) is 4.98 Å². The van der Waals surface area contributed by atoms with Crippen LogP contribution in [0, 0.1) is 13.8 Å². The Hall–Kier alpha value is -1.27. The number of hydrogen-bond donors (Lipinski definition) is 1. The molecule has 2 rings (SSSR count). The summed E-state index contributed by atoms with van der Waals surface area (Å²) >= 11 is 4.79. The van der Waals surface area contributed by atoms with Crippen LogP contribution in [-0.2, 0) is 4.79 Å². The summed E-state index contributed by atoms with van der Waals surface area (Å²) in [5.41, 5.74) is 3.07. The molecule has 100 valence electrons. The van der Waals surface area contributed by atoms with Gasteiger partial charge in [0.25, 0.3) is 0 Å². The van der Waals surface area contributed by atoms with Gasteiger partial charge in [-0.2, -0.15) is 0 Å². The highest BCUT2D eigenvalue weighted by Crippen LogP contribution is 2.30. The van der Waals surface area contributed by atoms with E-state index in [-0.39, 0.29) is 5.75 Å². The molecule has 1 aromatic carbocycles. The number of thioether (sulfide) groups is 1. The molecule has 0 radical (unpaired) electrons. The lowest BCUT2D eigenvalue weighted by atomic mass is 10.2. The Morgan fingerprint density at radius 1 is 1.47 bits per heavy atom. The van der Waals surface area contributed by atoms with E-state index >= 15 is 0 Å². The van der Waals surface area contributed by atoms with Gasteiger partial charge in [-0.3, -0.25) is 9.36 Å². The van der Waals surface area contributed by atoms with Crippen LogP contribution in [0.5, 0.6) is 0 Å². The number of hydrogen-bond acceptors (Lipinski definition) is 3. The average Bonchev–Trinajstić information content (AvgIpc) is 2.72. The Bertz CT molecular complexity index is 625. The molecule has 1 N–H and O–H groups in total. The van der Waals surface area contributed by atoms with Crippen molar-refractivity contribution in [2.75, 3.05) is 5.75 Å². The van der Waals surface area contributed by atoms with Gasteiger partial charge in [0, 0.05) is 16.4 Å². The summed E-state index contributed by atoms with van der Waals surface area (Å²) in [6.07, 6.45) is 1.75. The molecule has 0 unspecified atom stereocenters. The lowest BCUT2D eigenvalue weighted by Gasteiger charge is -2.12. The molecule has 1 heterocycles. The van der Waals surface area contributed by atoms with E-state index in [0.29, 0.717) is 5.16 Å². The quantitative estimate of drug-likeness (QED) is 0.866. The zero-order chi connectivity index (χ0) is 14.0. The van der Waals surface area contributed by atoms with Gasteiger partial charge >= 0.3 is 5.97 Å². The minimum Gasteiger partial charge on any atom is -0.481 e. The summed E-state index contributed by atoms with van der Waals surface area (Å²) in [7, 11) is 0. The van der Waals surface area contributed by atoms with Crippen LogP contribution in [0.25, 0.3) is 5.69 Å². The van der Waals surface area contributed by atoms with Crippen LogP contribution >= 0.6 is 27.7 Å². The fraction of sp³-hybridized carbons (Fsp3) is 0.231. The van der Waals surface area contributed by atoms with Gasteiger partial charge in [0.15, 0.2) is 5.16 Å². The maximum atomic E-state index is 10.7. The summed E-state index contributed by atoms with van der Waals surface area (Å²) in [5.74, 6) is -0.847. The summed E-state index contributed by atoms with van der Waals surface area (Å²) in [5, 5.41) is 9.46. The number of carboxylic acids is 1. The number of aromatic nitrogens is 2. The van der Waals surface area contributed by atoms with E-state index in [9.17, 15) is 4.79 Å². The molecule has 19 heavy (non-hydrogen) atoms. The first kappa shape index (κ1) is 14.1. The maximum absolute atomic E-state index is 10.7. The van der Waals surface area contributed by atoms with Crippen LogP contribution in [0.4, 0.5) is 0 Å². The minimum absolute atomic E-state index is 0.000111. The number of aliphatic carboxylic acids is 1. The molecule has 0 amide bonds. The summed E-state index contributed by atoms with van der Waals surface area (Å²) in [6, 6.07) is 5.97. The molecule has 0 saturated heterocycles. The van der Waals surface area contributed by atoms with Gasteiger partial charge in [-0.05, 0) is 41.4 Å². The molecule has 0 saturated carbocycles.